The van der Waals surface area contributed by atoms with Gasteiger partial charge >= 0.3 is 0 Å². The summed E-state index contributed by atoms with van der Waals surface area (Å²) in [7, 11) is 0. The number of benzene rings is 2. The van der Waals surface area contributed by atoms with Crippen molar-refractivity contribution in [1.29, 1.82) is 0 Å². The number of pyridine rings is 1. The van der Waals surface area contributed by atoms with Gasteiger partial charge in [-0.3, -0.25) is 9.78 Å². The SMILES string of the molecule is Cc1cccc(CNC(=O)c2cncc(NCc3ccccc3F)c2)c1. The van der Waals surface area contributed by atoms with Crippen molar-refractivity contribution in [2.75, 3.05) is 5.32 Å². The maximum atomic E-state index is 13.7. The van der Waals surface area contributed by atoms with Crippen LogP contribution in [0.5, 0.6) is 0 Å². The molecule has 2 N–H and O–H groups in total. The van der Waals surface area contributed by atoms with Gasteiger partial charge in [0.2, 0.25) is 0 Å². The van der Waals surface area contributed by atoms with Crippen LogP contribution in [0.3, 0.4) is 0 Å². The highest BCUT2D eigenvalue weighted by atomic mass is 19.1. The van der Waals surface area contributed by atoms with E-state index in [0.717, 1.165) is 11.1 Å². The molecule has 1 aromatic heterocycles. The lowest BCUT2D eigenvalue weighted by atomic mass is 10.1. The molecule has 1 amide bonds. The van der Waals surface area contributed by atoms with E-state index in [4.69, 9.17) is 0 Å². The zero-order chi connectivity index (χ0) is 18.4. The van der Waals surface area contributed by atoms with Crippen molar-refractivity contribution >= 4 is 11.6 Å². The minimum atomic E-state index is -0.264. The summed E-state index contributed by atoms with van der Waals surface area (Å²) in [5, 5.41) is 5.98. The number of carbonyl (C=O) groups is 1. The van der Waals surface area contributed by atoms with E-state index in [2.05, 4.69) is 15.6 Å². The van der Waals surface area contributed by atoms with Crippen LogP contribution in [0.25, 0.3) is 0 Å². The molecule has 2 aromatic carbocycles. The second-order valence-electron chi connectivity index (χ2n) is 6.08. The van der Waals surface area contributed by atoms with Crippen LogP contribution in [0, 0.1) is 12.7 Å². The van der Waals surface area contributed by atoms with Crippen LogP contribution in [-0.2, 0) is 13.1 Å². The first-order valence-corrected chi connectivity index (χ1v) is 8.38. The van der Waals surface area contributed by atoms with Gasteiger partial charge in [-0.1, -0.05) is 48.0 Å². The van der Waals surface area contributed by atoms with Gasteiger partial charge in [0, 0.05) is 31.0 Å². The standard InChI is InChI=1S/C21H20FN3O/c1-15-5-4-6-16(9-15)11-25-21(26)18-10-19(14-23-12-18)24-13-17-7-2-3-8-20(17)22/h2-10,12,14,24H,11,13H2,1H3,(H,25,26). The Morgan fingerprint density at radius 1 is 1.04 bits per heavy atom. The Balaban J connectivity index is 1.61. The fourth-order valence-electron chi connectivity index (χ4n) is 2.61. The minimum Gasteiger partial charge on any atom is -0.380 e. The van der Waals surface area contributed by atoms with E-state index in [1.165, 1.54) is 12.3 Å². The van der Waals surface area contributed by atoms with Gasteiger partial charge in [-0.2, -0.15) is 0 Å². The molecular formula is C21H20FN3O. The number of carbonyl (C=O) groups excluding carboxylic acids is 1. The van der Waals surface area contributed by atoms with Crippen LogP contribution < -0.4 is 10.6 Å². The third-order valence-corrected chi connectivity index (χ3v) is 3.98. The quantitative estimate of drug-likeness (QED) is 0.705. The molecule has 3 rings (SSSR count). The number of anilines is 1. The highest BCUT2D eigenvalue weighted by Crippen LogP contribution is 2.13. The Morgan fingerprint density at radius 2 is 1.88 bits per heavy atom. The molecule has 0 aliphatic carbocycles. The fourth-order valence-corrected chi connectivity index (χ4v) is 2.61. The van der Waals surface area contributed by atoms with Crippen molar-refractivity contribution in [2.24, 2.45) is 0 Å². The number of rotatable bonds is 6. The van der Waals surface area contributed by atoms with Gasteiger partial charge in [-0.05, 0) is 24.6 Å². The monoisotopic (exact) mass is 349 g/mol. The zero-order valence-corrected chi connectivity index (χ0v) is 14.5. The Labute approximate surface area is 152 Å². The van der Waals surface area contributed by atoms with Crippen molar-refractivity contribution in [3.05, 3.63) is 95.1 Å². The highest BCUT2D eigenvalue weighted by molar-refractivity contribution is 5.94. The van der Waals surface area contributed by atoms with Crippen molar-refractivity contribution in [1.82, 2.24) is 10.3 Å². The molecule has 1 heterocycles. The second kappa shape index (κ2) is 8.25. The predicted molar refractivity (Wildman–Crippen MR) is 100 cm³/mol. The van der Waals surface area contributed by atoms with Crippen LogP contribution in [0.4, 0.5) is 10.1 Å². The number of nitrogens with one attached hydrogen (secondary N) is 2. The summed E-state index contributed by atoms with van der Waals surface area (Å²) in [6.07, 6.45) is 3.12. The molecule has 0 atom stereocenters. The van der Waals surface area contributed by atoms with Crippen molar-refractivity contribution in [3.8, 4) is 0 Å². The number of halogens is 1. The minimum absolute atomic E-state index is 0.200. The average Bonchev–Trinajstić information content (AvgIpc) is 2.66. The van der Waals surface area contributed by atoms with Crippen LogP contribution in [0.2, 0.25) is 0 Å². The lowest BCUT2D eigenvalue weighted by Gasteiger charge is -2.09. The third kappa shape index (κ3) is 4.66. The molecule has 3 aromatic rings. The molecule has 5 heteroatoms. The number of hydrogen-bond acceptors (Lipinski definition) is 3. The molecule has 26 heavy (non-hydrogen) atoms. The van der Waals surface area contributed by atoms with Crippen LogP contribution in [-0.4, -0.2) is 10.9 Å². The lowest BCUT2D eigenvalue weighted by molar-refractivity contribution is 0.0950. The first-order valence-electron chi connectivity index (χ1n) is 8.38. The van der Waals surface area contributed by atoms with Gasteiger partial charge in [0.05, 0.1) is 11.3 Å². The van der Waals surface area contributed by atoms with Crippen molar-refractivity contribution in [3.63, 3.8) is 0 Å². The van der Waals surface area contributed by atoms with Gasteiger partial charge in [0.25, 0.3) is 5.91 Å². The number of nitrogens with zero attached hydrogens (tertiary/aromatic N) is 1. The molecule has 0 saturated carbocycles. The Morgan fingerprint density at radius 3 is 2.69 bits per heavy atom. The van der Waals surface area contributed by atoms with Crippen LogP contribution in [0.1, 0.15) is 27.0 Å². The summed E-state index contributed by atoms with van der Waals surface area (Å²) in [5.41, 5.74) is 3.87. The molecule has 132 valence electrons. The normalized spacial score (nSPS) is 10.4. The molecule has 0 fully saturated rings. The molecule has 0 spiro atoms. The van der Waals surface area contributed by atoms with Gasteiger partial charge in [-0.25, -0.2) is 4.39 Å². The lowest BCUT2D eigenvalue weighted by Crippen LogP contribution is -2.23. The fraction of sp³-hybridized carbons (Fsp3) is 0.143. The Kier molecular flexibility index (Phi) is 5.59. The molecule has 0 bridgehead atoms. The summed E-state index contributed by atoms with van der Waals surface area (Å²) >= 11 is 0. The number of aryl methyl sites for hydroxylation is 1. The van der Waals surface area contributed by atoms with Gasteiger partial charge in [-0.15, -0.1) is 0 Å². The van der Waals surface area contributed by atoms with E-state index < -0.39 is 0 Å². The topological polar surface area (TPSA) is 54.0 Å². The molecule has 0 aliphatic heterocycles. The molecule has 0 unspecified atom stereocenters. The number of hydrogen-bond donors (Lipinski definition) is 2. The second-order valence-corrected chi connectivity index (χ2v) is 6.08. The molecule has 0 saturated heterocycles. The predicted octanol–water partition coefficient (Wildman–Crippen LogP) is 4.07. The summed E-state index contributed by atoms with van der Waals surface area (Å²) in [5.74, 6) is -0.464. The molecular weight excluding hydrogens is 329 g/mol. The van der Waals surface area contributed by atoms with E-state index in [1.54, 1.807) is 30.5 Å². The summed E-state index contributed by atoms with van der Waals surface area (Å²) in [4.78, 5) is 16.4. The zero-order valence-electron chi connectivity index (χ0n) is 14.5. The maximum Gasteiger partial charge on any atom is 0.253 e. The van der Waals surface area contributed by atoms with E-state index in [1.807, 2.05) is 31.2 Å². The summed E-state index contributed by atoms with van der Waals surface area (Å²) in [6.45, 7) is 2.79. The Bertz CT molecular complexity index is 911. The van der Waals surface area contributed by atoms with Crippen molar-refractivity contribution in [2.45, 2.75) is 20.0 Å². The van der Waals surface area contributed by atoms with Crippen LogP contribution in [0.15, 0.2) is 67.0 Å². The van der Waals surface area contributed by atoms with Gasteiger partial charge < -0.3 is 10.6 Å². The number of aromatic nitrogens is 1. The van der Waals surface area contributed by atoms with Gasteiger partial charge in [0.1, 0.15) is 5.82 Å². The van der Waals surface area contributed by atoms with E-state index in [0.29, 0.717) is 29.9 Å². The smallest absolute Gasteiger partial charge is 0.253 e. The summed E-state index contributed by atoms with van der Waals surface area (Å²) < 4.78 is 13.7. The van der Waals surface area contributed by atoms with Gasteiger partial charge in [0.15, 0.2) is 0 Å². The van der Waals surface area contributed by atoms with Crippen molar-refractivity contribution < 1.29 is 9.18 Å². The molecule has 4 nitrogen and oxygen atoms in total. The molecule has 0 radical (unpaired) electrons. The van der Waals surface area contributed by atoms with E-state index in [9.17, 15) is 9.18 Å². The Hall–Kier alpha value is -3.21. The summed E-state index contributed by atoms with van der Waals surface area (Å²) in [6, 6.07) is 16.3. The first kappa shape index (κ1) is 17.6. The third-order valence-electron chi connectivity index (χ3n) is 3.98. The average molecular weight is 349 g/mol. The van der Waals surface area contributed by atoms with E-state index >= 15 is 0 Å². The van der Waals surface area contributed by atoms with E-state index in [-0.39, 0.29) is 11.7 Å². The largest absolute Gasteiger partial charge is 0.380 e. The van der Waals surface area contributed by atoms with Crippen LogP contribution >= 0.6 is 0 Å². The highest BCUT2D eigenvalue weighted by Gasteiger charge is 2.08. The number of amides is 1. The maximum absolute atomic E-state index is 13.7. The molecule has 0 aliphatic rings. The first-order chi connectivity index (χ1) is 12.6.